The highest BCUT2D eigenvalue weighted by atomic mass is 32.2. The van der Waals surface area contributed by atoms with Gasteiger partial charge in [-0.3, -0.25) is 0 Å². The maximum Gasteiger partial charge on any atom is 0.175 e. The molecule has 0 radical (unpaired) electrons. The molecule has 0 spiro atoms. The molecule has 1 rings (SSSR count). The Morgan fingerprint density at radius 3 is 2.62 bits per heavy atom. The van der Waals surface area contributed by atoms with Gasteiger partial charge in [-0.05, 0) is 44.5 Å². The predicted molar refractivity (Wildman–Crippen MR) is 83.4 cm³/mol. The van der Waals surface area contributed by atoms with Crippen LogP contribution in [-0.4, -0.2) is 45.6 Å². The molecule has 0 aliphatic carbocycles. The third-order valence-electron chi connectivity index (χ3n) is 3.81. The number of benzene rings is 1. The van der Waals surface area contributed by atoms with Gasteiger partial charge in [0.15, 0.2) is 9.84 Å². The van der Waals surface area contributed by atoms with Crippen LogP contribution >= 0.6 is 0 Å². The monoisotopic (exact) mass is 315 g/mol. The molecule has 0 saturated carbocycles. The Labute approximate surface area is 127 Å². The average molecular weight is 315 g/mol. The Morgan fingerprint density at radius 2 is 2.10 bits per heavy atom. The lowest BCUT2D eigenvalue weighted by molar-refractivity contribution is 0.145. The number of sulfone groups is 1. The number of nitrogens with one attached hydrogen (secondary N) is 1. The zero-order valence-corrected chi connectivity index (χ0v) is 13.7. The van der Waals surface area contributed by atoms with Gasteiger partial charge in [-0.15, -0.1) is 0 Å². The highest BCUT2D eigenvalue weighted by Gasteiger charge is 2.24. The zero-order chi connectivity index (χ0) is 15.9. The summed E-state index contributed by atoms with van der Waals surface area (Å²) in [6, 6.07) is 6.50. The van der Waals surface area contributed by atoms with Gasteiger partial charge in [0.05, 0.1) is 18.1 Å². The van der Waals surface area contributed by atoms with Crippen molar-refractivity contribution in [2.75, 3.05) is 26.5 Å². The molecule has 0 saturated heterocycles. The standard InChI is InChI=1S/C15H25NO4S/c1-4-15(12-17,16-2)9-6-10-20-13-7-5-8-14(11-13)21(3,18)19/h5,7-8,11,16-17H,4,6,9-10,12H2,1-3H3. The highest BCUT2D eigenvalue weighted by molar-refractivity contribution is 7.90. The molecule has 0 fully saturated rings. The van der Waals surface area contributed by atoms with Gasteiger partial charge in [0.1, 0.15) is 5.75 Å². The molecule has 6 heteroatoms. The third-order valence-corrected chi connectivity index (χ3v) is 4.92. The summed E-state index contributed by atoms with van der Waals surface area (Å²) in [4.78, 5) is 0.258. The van der Waals surface area contributed by atoms with Gasteiger partial charge in [-0.25, -0.2) is 8.42 Å². The first-order valence-corrected chi connectivity index (χ1v) is 8.99. The summed E-state index contributed by atoms with van der Waals surface area (Å²) < 4.78 is 28.5. The zero-order valence-electron chi connectivity index (χ0n) is 12.9. The first-order chi connectivity index (χ1) is 9.87. The Kier molecular flexibility index (Phi) is 6.64. The fraction of sp³-hybridized carbons (Fsp3) is 0.600. The lowest BCUT2D eigenvalue weighted by Gasteiger charge is -2.30. The Balaban J connectivity index is 2.54. The molecule has 0 aliphatic rings. The van der Waals surface area contributed by atoms with Crippen molar-refractivity contribution in [3.63, 3.8) is 0 Å². The van der Waals surface area contributed by atoms with Crippen molar-refractivity contribution in [3.8, 4) is 5.75 Å². The van der Waals surface area contributed by atoms with Gasteiger partial charge < -0.3 is 15.2 Å². The number of likely N-dealkylation sites (N-methyl/N-ethyl adjacent to an activating group) is 1. The topological polar surface area (TPSA) is 75.6 Å². The molecule has 21 heavy (non-hydrogen) atoms. The van der Waals surface area contributed by atoms with E-state index in [-0.39, 0.29) is 17.0 Å². The van der Waals surface area contributed by atoms with Crippen LogP contribution in [0.2, 0.25) is 0 Å². The Bertz CT molecular complexity index is 530. The predicted octanol–water partition coefficient (Wildman–Crippen LogP) is 1.61. The SMILES string of the molecule is CCC(CO)(CCCOc1cccc(S(C)(=O)=O)c1)NC. The Hall–Kier alpha value is -1.11. The van der Waals surface area contributed by atoms with Crippen molar-refractivity contribution in [1.29, 1.82) is 0 Å². The summed E-state index contributed by atoms with van der Waals surface area (Å²) in [5.41, 5.74) is -0.266. The number of aliphatic hydroxyl groups is 1. The third kappa shape index (κ3) is 5.30. The van der Waals surface area contributed by atoms with Crippen LogP contribution in [0.3, 0.4) is 0 Å². The van der Waals surface area contributed by atoms with Crippen molar-refractivity contribution in [2.45, 2.75) is 36.6 Å². The van der Waals surface area contributed by atoms with Gasteiger partial charge in [-0.1, -0.05) is 13.0 Å². The molecule has 5 nitrogen and oxygen atoms in total. The van der Waals surface area contributed by atoms with Crippen molar-refractivity contribution < 1.29 is 18.3 Å². The molecule has 0 aromatic heterocycles. The molecule has 120 valence electrons. The number of rotatable bonds is 9. The van der Waals surface area contributed by atoms with E-state index in [9.17, 15) is 13.5 Å². The maximum absolute atomic E-state index is 11.5. The van der Waals surface area contributed by atoms with Crippen molar-refractivity contribution in [1.82, 2.24) is 5.32 Å². The summed E-state index contributed by atoms with van der Waals surface area (Å²) in [6.45, 7) is 2.60. The van der Waals surface area contributed by atoms with E-state index in [2.05, 4.69) is 5.32 Å². The van der Waals surface area contributed by atoms with E-state index < -0.39 is 9.84 Å². The van der Waals surface area contributed by atoms with Crippen molar-refractivity contribution in [2.24, 2.45) is 0 Å². The van der Waals surface area contributed by atoms with E-state index in [4.69, 9.17) is 4.74 Å². The lowest BCUT2D eigenvalue weighted by Crippen LogP contribution is -2.46. The quantitative estimate of drug-likeness (QED) is 0.677. The second kappa shape index (κ2) is 7.77. The fourth-order valence-electron chi connectivity index (χ4n) is 2.14. The van der Waals surface area contributed by atoms with E-state index in [1.807, 2.05) is 14.0 Å². The molecule has 0 bridgehead atoms. The minimum Gasteiger partial charge on any atom is -0.494 e. The van der Waals surface area contributed by atoms with Crippen molar-refractivity contribution >= 4 is 9.84 Å². The van der Waals surface area contributed by atoms with Crippen LogP contribution in [-0.2, 0) is 9.84 Å². The van der Waals surface area contributed by atoms with E-state index in [1.165, 1.54) is 12.3 Å². The first-order valence-electron chi connectivity index (χ1n) is 7.09. The smallest absolute Gasteiger partial charge is 0.175 e. The molecular formula is C15H25NO4S. The second-order valence-electron chi connectivity index (χ2n) is 5.24. The number of ether oxygens (including phenoxy) is 1. The van der Waals surface area contributed by atoms with E-state index in [0.717, 1.165) is 19.3 Å². The summed E-state index contributed by atoms with van der Waals surface area (Å²) in [5.74, 6) is 0.550. The number of hydrogen-bond acceptors (Lipinski definition) is 5. The van der Waals surface area contributed by atoms with Crippen molar-refractivity contribution in [3.05, 3.63) is 24.3 Å². The van der Waals surface area contributed by atoms with Crippen LogP contribution < -0.4 is 10.1 Å². The van der Waals surface area contributed by atoms with Gasteiger partial charge in [0.2, 0.25) is 0 Å². The molecule has 1 atom stereocenters. The molecule has 1 unspecified atom stereocenters. The highest BCUT2D eigenvalue weighted by Crippen LogP contribution is 2.19. The molecule has 0 aliphatic heterocycles. The number of aliphatic hydroxyl groups excluding tert-OH is 1. The van der Waals surface area contributed by atoms with E-state index >= 15 is 0 Å². The Morgan fingerprint density at radius 1 is 1.38 bits per heavy atom. The normalized spacial score (nSPS) is 14.7. The van der Waals surface area contributed by atoms with Gasteiger partial charge in [0, 0.05) is 11.8 Å². The lowest BCUT2D eigenvalue weighted by atomic mass is 9.92. The van der Waals surface area contributed by atoms with E-state index in [0.29, 0.717) is 12.4 Å². The summed E-state index contributed by atoms with van der Waals surface area (Å²) in [6.07, 6.45) is 3.58. The molecule has 0 amide bonds. The molecule has 1 aromatic rings. The van der Waals surface area contributed by atoms with Crippen LogP contribution in [0.4, 0.5) is 0 Å². The minimum atomic E-state index is -3.21. The number of hydrogen-bond donors (Lipinski definition) is 2. The molecular weight excluding hydrogens is 290 g/mol. The van der Waals surface area contributed by atoms with Crippen LogP contribution in [0.25, 0.3) is 0 Å². The molecule has 0 heterocycles. The van der Waals surface area contributed by atoms with E-state index in [1.54, 1.807) is 18.2 Å². The second-order valence-corrected chi connectivity index (χ2v) is 7.26. The summed E-state index contributed by atoms with van der Waals surface area (Å²) in [5, 5.41) is 12.6. The van der Waals surface area contributed by atoms with Crippen LogP contribution in [0.1, 0.15) is 26.2 Å². The molecule has 1 aromatic carbocycles. The van der Waals surface area contributed by atoms with Gasteiger partial charge in [0.25, 0.3) is 0 Å². The van der Waals surface area contributed by atoms with Crippen LogP contribution in [0.5, 0.6) is 5.75 Å². The average Bonchev–Trinajstić information content (AvgIpc) is 2.48. The summed E-state index contributed by atoms with van der Waals surface area (Å²) in [7, 11) is -1.37. The fourth-order valence-corrected chi connectivity index (χ4v) is 2.80. The molecule has 2 N–H and O–H groups in total. The summed E-state index contributed by atoms with van der Waals surface area (Å²) >= 11 is 0. The first kappa shape index (κ1) is 17.9. The van der Waals surface area contributed by atoms with Gasteiger partial charge >= 0.3 is 0 Å². The van der Waals surface area contributed by atoms with Crippen LogP contribution in [0, 0.1) is 0 Å². The maximum atomic E-state index is 11.5. The van der Waals surface area contributed by atoms with Gasteiger partial charge in [-0.2, -0.15) is 0 Å². The van der Waals surface area contributed by atoms with Crippen LogP contribution in [0.15, 0.2) is 29.2 Å². The minimum absolute atomic E-state index is 0.0869. The largest absolute Gasteiger partial charge is 0.494 e.